The molecule has 2 aromatic carbocycles. The highest BCUT2D eigenvalue weighted by Gasteiger charge is 2.28. The minimum absolute atomic E-state index is 0.0286. The Bertz CT molecular complexity index is 816. The van der Waals surface area contributed by atoms with Gasteiger partial charge in [-0.25, -0.2) is 0 Å². The summed E-state index contributed by atoms with van der Waals surface area (Å²) in [6.07, 6.45) is 4.76. The number of nitrogens with two attached hydrogens (primary N) is 1. The minimum Gasteiger partial charge on any atom is -0.496 e. The van der Waals surface area contributed by atoms with Gasteiger partial charge in [0.05, 0.1) is 7.11 Å². The second-order valence-electron chi connectivity index (χ2n) is 7.91. The Morgan fingerprint density at radius 2 is 1.97 bits per heavy atom. The molecule has 2 aliphatic heterocycles. The number of piperidine rings is 1. The molecule has 4 rings (SSSR count). The van der Waals surface area contributed by atoms with Crippen LogP contribution in [0.2, 0.25) is 0 Å². The number of hydrogen-bond acceptors (Lipinski definition) is 4. The normalized spacial score (nSPS) is 21.1. The van der Waals surface area contributed by atoms with E-state index in [1.54, 1.807) is 12.0 Å². The summed E-state index contributed by atoms with van der Waals surface area (Å²) in [6.45, 7) is 3.54. The molecule has 1 amide bonds. The average molecular weight is 396 g/mol. The number of hydrogen-bond donors (Lipinski definition) is 2. The van der Waals surface area contributed by atoms with Crippen LogP contribution in [0.1, 0.15) is 48.9 Å². The fourth-order valence-corrected chi connectivity index (χ4v) is 4.17. The van der Waals surface area contributed by atoms with Crippen molar-refractivity contribution in [2.75, 3.05) is 25.6 Å². The number of carbonyl (C=O) groups excluding carboxylic acids is 1. The zero-order chi connectivity index (χ0) is 20.8. The van der Waals surface area contributed by atoms with E-state index in [1.165, 1.54) is 31.4 Å². The summed E-state index contributed by atoms with van der Waals surface area (Å²) in [5.41, 5.74) is 10.2. The zero-order valence-electron chi connectivity index (χ0n) is 17.8. The van der Waals surface area contributed by atoms with Gasteiger partial charge in [0.15, 0.2) is 0 Å². The van der Waals surface area contributed by atoms with Gasteiger partial charge in [-0.3, -0.25) is 4.79 Å². The Balaban J connectivity index is 0.000000176. The highest BCUT2D eigenvalue weighted by atomic mass is 16.5. The first-order valence-corrected chi connectivity index (χ1v) is 10.5. The lowest BCUT2D eigenvalue weighted by atomic mass is 9.92. The SMILES string of the molecule is COc1cc2c(cc1CN)N(C)C(=O)C(C)C2.c1ccc([C@H]2CCCCN2)cc1. The number of fused-ring (bicyclic) bond motifs is 1. The molecule has 3 N–H and O–H groups in total. The molecular weight excluding hydrogens is 362 g/mol. The molecule has 2 atom stereocenters. The first-order valence-electron chi connectivity index (χ1n) is 10.5. The Labute approximate surface area is 174 Å². The molecular formula is C24H33N3O2. The molecule has 2 heterocycles. The largest absolute Gasteiger partial charge is 0.496 e. The van der Waals surface area contributed by atoms with Gasteiger partial charge in [0, 0.05) is 36.8 Å². The smallest absolute Gasteiger partial charge is 0.229 e. The number of ether oxygens (including phenoxy) is 1. The van der Waals surface area contributed by atoms with Crippen molar-refractivity contribution in [3.05, 3.63) is 59.2 Å². The lowest BCUT2D eigenvalue weighted by molar-refractivity contribution is -0.121. The van der Waals surface area contributed by atoms with Gasteiger partial charge in [-0.05, 0) is 49.1 Å². The number of methoxy groups -OCH3 is 1. The van der Waals surface area contributed by atoms with Crippen LogP contribution in [0.3, 0.4) is 0 Å². The molecule has 0 bridgehead atoms. The van der Waals surface area contributed by atoms with Crippen molar-refractivity contribution in [1.29, 1.82) is 0 Å². The lowest BCUT2D eigenvalue weighted by Gasteiger charge is -2.30. The van der Waals surface area contributed by atoms with Crippen molar-refractivity contribution in [1.82, 2.24) is 5.32 Å². The van der Waals surface area contributed by atoms with Crippen molar-refractivity contribution in [2.45, 2.75) is 45.2 Å². The Hall–Kier alpha value is -2.37. The van der Waals surface area contributed by atoms with Crippen LogP contribution in [-0.2, 0) is 17.8 Å². The van der Waals surface area contributed by atoms with Crippen LogP contribution in [0.5, 0.6) is 5.75 Å². The minimum atomic E-state index is 0.0286. The third-order valence-electron chi connectivity index (χ3n) is 5.85. The molecule has 1 fully saturated rings. The molecule has 29 heavy (non-hydrogen) atoms. The highest BCUT2D eigenvalue weighted by Crippen LogP contribution is 2.34. The summed E-state index contributed by atoms with van der Waals surface area (Å²) in [5.74, 6) is 0.993. The monoisotopic (exact) mass is 395 g/mol. The number of carbonyl (C=O) groups is 1. The van der Waals surface area contributed by atoms with Crippen LogP contribution in [0.15, 0.2) is 42.5 Å². The number of anilines is 1. The summed E-state index contributed by atoms with van der Waals surface area (Å²) >= 11 is 0. The van der Waals surface area contributed by atoms with Crippen LogP contribution >= 0.6 is 0 Å². The van der Waals surface area contributed by atoms with Gasteiger partial charge in [0.25, 0.3) is 0 Å². The van der Waals surface area contributed by atoms with E-state index in [1.807, 2.05) is 26.1 Å². The van der Waals surface area contributed by atoms with Gasteiger partial charge < -0.3 is 20.7 Å². The first-order chi connectivity index (χ1) is 14.0. The number of benzene rings is 2. The topological polar surface area (TPSA) is 67.6 Å². The van der Waals surface area contributed by atoms with E-state index in [0.29, 0.717) is 12.6 Å². The molecule has 0 spiro atoms. The predicted molar refractivity (Wildman–Crippen MR) is 118 cm³/mol. The Morgan fingerprint density at radius 1 is 1.21 bits per heavy atom. The molecule has 1 unspecified atom stereocenters. The van der Waals surface area contributed by atoms with Gasteiger partial charge in [-0.15, -0.1) is 0 Å². The predicted octanol–water partition coefficient (Wildman–Crippen LogP) is 3.81. The van der Waals surface area contributed by atoms with Crippen LogP contribution < -0.4 is 20.7 Å². The molecule has 2 aromatic rings. The summed E-state index contributed by atoms with van der Waals surface area (Å²) < 4.78 is 5.32. The van der Waals surface area contributed by atoms with Gasteiger partial charge >= 0.3 is 0 Å². The van der Waals surface area contributed by atoms with Crippen LogP contribution in [-0.4, -0.2) is 26.6 Å². The lowest BCUT2D eigenvalue weighted by Crippen LogP contribution is -2.37. The van der Waals surface area contributed by atoms with Gasteiger partial charge in [-0.1, -0.05) is 43.7 Å². The van der Waals surface area contributed by atoms with Gasteiger partial charge in [0.2, 0.25) is 5.91 Å². The van der Waals surface area contributed by atoms with E-state index in [0.717, 1.165) is 29.0 Å². The molecule has 1 saturated heterocycles. The van der Waals surface area contributed by atoms with Crippen molar-refractivity contribution < 1.29 is 9.53 Å². The summed E-state index contributed by atoms with van der Waals surface area (Å²) in [4.78, 5) is 13.6. The van der Waals surface area contributed by atoms with E-state index in [-0.39, 0.29) is 11.8 Å². The third-order valence-corrected chi connectivity index (χ3v) is 5.85. The third kappa shape index (κ3) is 4.98. The summed E-state index contributed by atoms with van der Waals surface area (Å²) in [7, 11) is 3.45. The number of nitrogens with zero attached hydrogens (tertiary/aromatic N) is 1. The van der Waals surface area contributed by atoms with Crippen molar-refractivity contribution >= 4 is 11.6 Å². The maximum Gasteiger partial charge on any atom is 0.229 e. The molecule has 5 heteroatoms. The summed E-state index contributed by atoms with van der Waals surface area (Å²) in [5, 5.41) is 3.54. The molecule has 0 aromatic heterocycles. The van der Waals surface area contributed by atoms with Crippen LogP contribution in [0.4, 0.5) is 5.69 Å². The van der Waals surface area contributed by atoms with Crippen LogP contribution in [0, 0.1) is 5.92 Å². The van der Waals surface area contributed by atoms with E-state index in [4.69, 9.17) is 10.5 Å². The number of amides is 1. The number of nitrogens with one attached hydrogen (secondary N) is 1. The van der Waals surface area contributed by atoms with E-state index in [9.17, 15) is 4.79 Å². The van der Waals surface area contributed by atoms with E-state index >= 15 is 0 Å². The fraction of sp³-hybridized carbons (Fsp3) is 0.458. The molecule has 0 radical (unpaired) electrons. The maximum absolute atomic E-state index is 11.9. The van der Waals surface area contributed by atoms with Crippen molar-refractivity contribution in [3.8, 4) is 5.75 Å². The van der Waals surface area contributed by atoms with Gasteiger partial charge in [0.1, 0.15) is 5.75 Å². The fourth-order valence-electron chi connectivity index (χ4n) is 4.17. The zero-order valence-corrected chi connectivity index (χ0v) is 17.8. The summed E-state index contributed by atoms with van der Waals surface area (Å²) in [6, 6.07) is 15.3. The Morgan fingerprint density at radius 3 is 2.59 bits per heavy atom. The Kier molecular flexibility index (Phi) is 7.29. The molecule has 5 nitrogen and oxygen atoms in total. The average Bonchev–Trinajstić information content (AvgIpc) is 2.78. The first kappa shape index (κ1) is 21.3. The standard InChI is InChI=1S/C13H18N2O2.C11H15N/c1-8-4-9-6-12(17-3)10(7-14)5-11(9)15(2)13(8)16;1-2-6-10(7-3-1)11-8-4-5-9-12-11/h5-6,8H,4,7,14H2,1-3H3;1-3,6-7,11-12H,4-5,8-9H2/t;11-/m.1/s1. The molecule has 2 aliphatic rings. The molecule has 0 aliphatic carbocycles. The highest BCUT2D eigenvalue weighted by molar-refractivity contribution is 5.97. The molecule has 0 saturated carbocycles. The van der Waals surface area contributed by atoms with E-state index in [2.05, 4.69) is 35.6 Å². The quantitative estimate of drug-likeness (QED) is 0.829. The second-order valence-corrected chi connectivity index (χ2v) is 7.91. The van der Waals surface area contributed by atoms with Crippen molar-refractivity contribution in [3.63, 3.8) is 0 Å². The van der Waals surface area contributed by atoms with Crippen molar-refractivity contribution in [2.24, 2.45) is 11.7 Å². The maximum atomic E-state index is 11.9. The molecule has 156 valence electrons. The second kappa shape index (κ2) is 9.90. The van der Waals surface area contributed by atoms with Crippen LogP contribution in [0.25, 0.3) is 0 Å². The van der Waals surface area contributed by atoms with E-state index < -0.39 is 0 Å². The number of rotatable bonds is 3. The van der Waals surface area contributed by atoms with Gasteiger partial charge in [-0.2, -0.15) is 0 Å².